The average Bonchev–Trinajstić information content (AvgIpc) is 2.33. The highest BCUT2D eigenvalue weighted by molar-refractivity contribution is 5.54. The molecule has 0 unspecified atom stereocenters. The highest BCUT2D eigenvalue weighted by atomic mass is 16.5. The predicted octanol–water partition coefficient (Wildman–Crippen LogP) is 2.39. The van der Waals surface area contributed by atoms with E-state index in [9.17, 15) is 0 Å². The van der Waals surface area contributed by atoms with Gasteiger partial charge in [0, 0.05) is 12.8 Å². The van der Waals surface area contributed by atoms with Crippen molar-refractivity contribution in [1.82, 2.24) is 0 Å². The largest absolute Gasteiger partial charge is 0.488 e. The third-order valence-electron chi connectivity index (χ3n) is 2.94. The second-order valence-electron chi connectivity index (χ2n) is 4.16. The second kappa shape index (κ2) is 5.21. The Hall–Kier alpha value is -1.22. The maximum Gasteiger partial charge on any atom is 0.142 e. The molecule has 0 spiro atoms. The molecular formula is C13H19NO2. The molecule has 1 aliphatic heterocycles. The van der Waals surface area contributed by atoms with Crippen molar-refractivity contribution in [3.05, 3.63) is 23.8 Å². The van der Waals surface area contributed by atoms with E-state index < -0.39 is 0 Å². The van der Waals surface area contributed by atoms with E-state index >= 15 is 0 Å². The fraction of sp³-hybridized carbons (Fsp3) is 0.538. The minimum Gasteiger partial charge on any atom is -0.488 e. The minimum absolute atomic E-state index is 0.253. The van der Waals surface area contributed by atoms with Crippen LogP contribution in [-0.4, -0.2) is 19.3 Å². The van der Waals surface area contributed by atoms with Crippen molar-refractivity contribution in [2.24, 2.45) is 0 Å². The number of aryl methyl sites for hydroxylation is 1. The quantitative estimate of drug-likeness (QED) is 0.797. The van der Waals surface area contributed by atoms with Gasteiger partial charge in [0.05, 0.1) is 18.9 Å². The van der Waals surface area contributed by atoms with Crippen molar-refractivity contribution in [3.8, 4) is 5.75 Å². The second-order valence-corrected chi connectivity index (χ2v) is 4.16. The van der Waals surface area contributed by atoms with Crippen LogP contribution in [0.2, 0.25) is 0 Å². The Labute approximate surface area is 96.5 Å². The number of ether oxygens (including phenoxy) is 2. The van der Waals surface area contributed by atoms with Gasteiger partial charge in [0.25, 0.3) is 0 Å². The molecule has 1 saturated heterocycles. The van der Waals surface area contributed by atoms with E-state index in [-0.39, 0.29) is 6.10 Å². The zero-order chi connectivity index (χ0) is 11.4. The van der Waals surface area contributed by atoms with Crippen LogP contribution < -0.4 is 10.5 Å². The highest BCUT2D eigenvalue weighted by Crippen LogP contribution is 2.26. The Morgan fingerprint density at radius 1 is 1.38 bits per heavy atom. The summed E-state index contributed by atoms with van der Waals surface area (Å²) in [5.74, 6) is 0.809. The van der Waals surface area contributed by atoms with E-state index in [1.165, 1.54) is 5.56 Å². The molecule has 88 valence electrons. The van der Waals surface area contributed by atoms with E-state index in [1.54, 1.807) is 0 Å². The summed E-state index contributed by atoms with van der Waals surface area (Å²) in [6.45, 7) is 3.70. The van der Waals surface area contributed by atoms with Crippen molar-refractivity contribution >= 4 is 5.69 Å². The smallest absolute Gasteiger partial charge is 0.142 e. The van der Waals surface area contributed by atoms with Gasteiger partial charge in [-0.1, -0.05) is 13.0 Å². The molecule has 16 heavy (non-hydrogen) atoms. The molecule has 2 N–H and O–H groups in total. The Bertz CT molecular complexity index is 346. The monoisotopic (exact) mass is 221 g/mol. The van der Waals surface area contributed by atoms with Gasteiger partial charge in [0.15, 0.2) is 0 Å². The zero-order valence-electron chi connectivity index (χ0n) is 9.74. The summed E-state index contributed by atoms with van der Waals surface area (Å²) in [5.41, 5.74) is 7.95. The molecule has 1 aromatic rings. The summed E-state index contributed by atoms with van der Waals surface area (Å²) in [6.07, 6.45) is 3.16. The van der Waals surface area contributed by atoms with E-state index in [0.717, 1.165) is 43.9 Å². The third kappa shape index (κ3) is 2.67. The molecule has 1 fully saturated rings. The molecule has 0 radical (unpaired) electrons. The van der Waals surface area contributed by atoms with Gasteiger partial charge in [0.2, 0.25) is 0 Å². The van der Waals surface area contributed by atoms with Crippen LogP contribution in [-0.2, 0) is 11.2 Å². The number of hydrogen-bond acceptors (Lipinski definition) is 3. The van der Waals surface area contributed by atoms with Gasteiger partial charge in [-0.25, -0.2) is 0 Å². The normalized spacial score (nSPS) is 17.3. The van der Waals surface area contributed by atoms with Crippen LogP contribution in [0.25, 0.3) is 0 Å². The predicted molar refractivity (Wildman–Crippen MR) is 64.7 cm³/mol. The molecule has 0 aromatic heterocycles. The molecule has 3 nitrogen and oxygen atoms in total. The maximum absolute atomic E-state index is 5.96. The molecule has 0 saturated carbocycles. The van der Waals surface area contributed by atoms with Gasteiger partial charge in [-0.05, 0) is 24.1 Å². The lowest BCUT2D eigenvalue weighted by atomic mass is 10.1. The lowest BCUT2D eigenvalue weighted by molar-refractivity contribution is 0.0258. The van der Waals surface area contributed by atoms with Crippen LogP contribution in [0.5, 0.6) is 5.75 Å². The van der Waals surface area contributed by atoms with Crippen LogP contribution in [0.1, 0.15) is 25.3 Å². The van der Waals surface area contributed by atoms with Crippen LogP contribution in [0, 0.1) is 0 Å². The summed E-state index contributed by atoms with van der Waals surface area (Å²) in [7, 11) is 0. The van der Waals surface area contributed by atoms with Crippen LogP contribution in [0.15, 0.2) is 18.2 Å². The van der Waals surface area contributed by atoms with Gasteiger partial charge in [-0.2, -0.15) is 0 Å². The molecule has 1 heterocycles. The van der Waals surface area contributed by atoms with E-state index in [1.807, 2.05) is 12.1 Å². The summed E-state index contributed by atoms with van der Waals surface area (Å²) >= 11 is 0. The van der Waals surface area contributed by atoms with Crippen LogP contribution in [0.4, 0.5) is 5.69 Å². The molecule has 2 rings (SSSR count). The number of nitrogens with two attached hydrogens (primary N) is 1. The molecule has 0 bridgehead atoms. The first-order valence-corrected chi connectivity index (χ1v) is 5.92. The molecule has 3 heteroatoms. The molecule has 0 aliphatic carbocycles. The standard InChI is InChI=1S/C13H19NO2/c1-2-10-3-4-13(12(14)9-10)16-11-5-7-15-8-6-11/h3-4,9,11H,2,5-8,14H2,1H3. The van der Waals surface area contributed by atoms with Crippen molar-refractivity contribution in [1.29, 1.82) is 0 Å². The topological polar surface area (TPSA) is 44.5 Å². The molecule has 1 aromatic carbocycles. The summed E-state index contributed by atoms with van der Waals surface area (Å²) < 4.78 is 11.2. The maximum atomic E-state index is 5.96. The Balaban J connectivity index is 2.03. The van der Waals surface area contributed by atoms with Crippen molar-refractivity contribution in [3.63, 3.8) is 0 Å². The van der Waals surface area contributed by atoms with Crippen molar-refractivity contribution in [2.75, 3.05) is 18.9 Å². The van der Waals surface area contributed by atoms with Crippen molar-refractivity contribution < 1.29 is 9.47 Å². The first-order chi connectivity index (χ1) is 7.79. The van der Waals surface area contributed by atoms with Crippen molar-refractivity contribution in [2.45, 2.75) is 32.3 Å². The number of hydrogen-bond donors (Lipinski definition) is 1. The molecule has 0 atom stereocenters. The fourth-order valence-electron chi connectivity index (χ4n) is 1.90. The number of nitrogen functional groups attached to an aromatic ring is 1. The molecule has 1 aliphatic rings. The van der Waals surface area contributed by atoms with Crippen LogP contribution >= 0.6 is 0 Å². The summed E-state index contributed by atoms with van der Waals surface area (Å²) in [4.78, 5) is 0. The minimum atomic E-state index is 0.253. The van der Waals surface area contributed by atoms with Crippen LogP contribution in [0.3, 0.4) is 0 Å². The first-order valence-electron chi connectivity index (χ1n) is 5.92. The fourth-order valence-corrected chi connectivity index (χ4v) is 1.90. The molecule has 0 amide bonds. The highest BCUT2D eigenvalue weighted by Gasteiger charge is 2.16. The molecular weight excluding hydrogens is 202 g/mol. The number of benzene rings is 1. The average molecular weight is 221 g/mol. The Morgan fingerprint density at radius 3 is 2.75 bits per heavy atom. The lowest BCUT2D eigenvalue weighted by Crippen LogP contribution is -2.26. The number of rotatable bonds is 3. The van der Waals surface area contributed by atoms with E-state index in [2.05, 4.69) is 13.0 Å². The van der Waals surface area contributed by atoms with E-state index in [0.29, 0.717) is 0 Å². The van der Waals surface area contributed by atoms with E-state index in [4.69, 9.17) is 15.2 Å². The number of anilines is 1. The summed E-state index contributed by atoms with van der Waals surface area (Å²) in [6, 6.07) is 6.04. The van der Waals surface area contributed by atoms with Gasteiger partial charge in [-0.15, -0.1) is 0 Å². The third-order valence-corrected chi connectivity index (χ3v) is 2.94. The zero-order valence-corrected chi connectivity index (χ0v) is 9.74. The first kappa shape index (κ1) is 11.3. The Morgan fingerprint density at radius 2 is 2.12 bits per heavy atom. The Kier molecular flexibility index (Phi) is 3.67. The van der Waals surface area contributed by atoms with Gasteiger partial charge in [0.1, 0.15) is 11.9 Å². The lowest BCUT2D eigenvalue weighted by Gasteiger charge is -2.24. The SMILES string of the molecule is CCc1ccc(OC2CCOCC2)c(N)c1. The summed E-state index contributed by atoms with van der Waals surface area (Å²) in [5, 5.41) is 0. The van der Waals surface area contributed by atoms with Gasteiger partial charge < -0.3 is 15.2 Å². The van der Waals surface area contributed by atoms with Gasteiger partial charge >= 0.3 is 0 Å². The van der Waals surface area contributed by atoms with Gasteiger partial charge in [-0.3, -0.25) is 0 Å².